The zero-order chi connectivity index (χ0) is 18.5. The molecule has 1 saturated heterocycles. The van der Waals surface area contributed by atoms with E-state index in [-0.39, 0.29) is 46.0 Å². The highest BCUT2D eigenvalue weighted by Gasteiger charge is 2.24. The van der Waals surface area contributed by atoms with E-state index in [1.165, 1.54) is 32.4 Å². The van der Waals surface area contributed by atoms with Crippen molar-refractivity contribution in [2.45, 2.75) is 78.8 Å². The Kier molecular flexibility index (Phi) is 16.7. The van der Waals surface area contributed by atoms with Gasteiger partial charge in [-0.25, -0.2) is 0 Å². The summed E-state index contributed by atoms with van der Waals surface area (Å²) in [6.07, 6.45) is 5.59. The van der Waals surface area contributed by atoms with Crippen molar-refractivity contribution in [1.29, 1.82) is 0 Å². The first kappa shape index (κ1) is 26.6. The highest BCUT2D eigenvalue weighted by Crippen LogP contribution is 2.11. The maximum Gasteiger partial charge on any atom is 0.237 e. The average molecular weight is 380 g/mol. The Labute approximate surface area is 165 Å². The molecule has 0 spiro atoms. The topological polar surface area (TPSA) is 61.4 Å². The lowest BCUT2D eigenvalue weighted by atomic mass is 10.0. The molecule has 0 saturated carbocycles. The first-order valence-corrected chi connectivity index (χ1v) is 9.66. The predicted octanol–water partition coefficient (Wildman–Crippen LogP) is 3.20. The van der Waals surface area contributed by atoms with E-state index in [2.05, 4.69) is 15.5 Å². The van der Waals surface area contributed by atoms with Crippen LogP contribution in [0.25, 0.3) is 0 Å². The molecule has 1 heterocycles. The smallest absolute Gasteiger partial charge is 0.237 e. The number of carbonyl (C=O) groups excluding carboxylic acids is 2. The maximum atomic E-state index is 12.3. The average Bonchev–Trinajstić information content (AvgIpc) is 2.57. The van der Waals surface area contributed by atoms with Gasteiger partial charge >= 0.3 is 0 Å². The third-order valence-corrected chi connectivity index (χ3v) is 4.48. The maximum absolute atomic E-state index is 12.3. The van der Waals surface area contributed by atoms with Gasteiger partial charge in [-0.15, -0.1) is 0 Å². The molecular weight excluding hydrogens is 334 g/mol. The quantitative estimate of drug-likeness (QED) is 0.646. The number of nitrogens with one attached hydrogen (secondary N) is 2. The minimum atomic E-state index is -0.355. The minimum absolute atomic E-state index is 0. The van der Waals surface area contributed by atoms with Crippen molar-refractivity contribution in [3.8, 4) is 0 Å². The Morgan fingerprint density at radius 1 is 1.12 bits per heavy atom. The largest absolute Gasteiger partial charge is 0.345 e. The van der Waals surface area contributed by atoms with Crippen LogP contribution >= 0.6 is 13.5 Å². The fraction of sp³-hybridized carbons (Fsp3) is 0.895. The number of likely N-dealkylation sites (N-methyl/N-ethyl adjacent to an activating group) is 1. The molecule has 1 aliphatic heterocycles. The molecule has 0 bridgehead atoms. The lowest BCUT2D eigenvalue weighted by molar-refractivity contribution is -0.129. The van der Waals surface area contributed by atoms with Crippen molar-refractivity contribution in [3.63, 3.8) is 0 Å². The van der Waals surface area contributed by atoms with Crippen LogP contribution in [0, 0.1) is 5.92 Å². The van der Waals surface area contributed by atoms with E-state index in [9.17, 15) is 9.59 Å². The molecule has 0 aromatic rings. The number of nitrogens with zero attached hydrogens (tertiary/aromatic N) is 1. The first-order chi connectivity index (χ1) is 11.5. The molecule has 5 nitrogen and oxygen atoms in total. The van der Waals surface area contributed by atoms with Crippen LogP contribution in [0.15, 0.2) is 0 Å². The Hall–Kier alpha value is -0.590. The van der Waals surface area contributed by atoms with E-state index in [4.69, 9.17) is 0 Å². The number of amides is 1. The normalized spacial score (nSPS) is 16.9. The molecule has 1 amide bonds. The van der Waals surface area contributed by atoms with Gasteiger partial charge < -0.3 is 15.5 Å². The summed E-state index contributed by atoms with van der Waals surface area (Å²) < 4.78 is 0. The Morgan fingerprint density at radius 2 is 1.68 bits per heavy atom. The minimum Gasteiger partial charge on any atom is -0.345 e. The molecule has 0 aliphatic carbocycles. The highest BCUT2D eigenvalue weighted by atomic mass is 32.1. The third-order valence-electron chi connectivity index (χ3n) is 4.48. The van der Waals surface area contributed by atoms with E-state index in [1.54, 1.807) is 14.0 Å². The molecule has 154 valence electrons. The predicted molar refractivity (Wildman–Crippen MR) is 116 cm³/mol. The van der Waals surface area contributed by atoms with Crippen LogP contribution in [0.2, 0.25) is 0 Å². The lowest BCUT2D eigenvalue weighted by Crippen LogP contribution is -2.51. The Morgan fingerprint density at radius 3 is 2.12 bits per heavy atom. The van der Waals surface area contributed by atoms with Crippen LogP contribution < -0.4 is 10.6 Å². The third kappa shape index (κ3) is 10.9. The number of rotatable bonds is 9. The molecule has 0 aromatic heterocycles. The van der Waals surface area contributed by atoms with Crippen molar-refractivity contribution in [2.24, 2.45) is 5.92 Å². The second kappa shape index (κ2) is 15.6. The zero-order valence-electron chi connectivity index (χ0n) is 17.2. The van der Waals surface area contributed by atoms with Gasteiger partial charge in [0.05, 0.1) is 12.1 Å². The van der Waals surface area contributed by atoms with Crippen LogP contribution in [0.4, 0.5) is 0 Å². The number of hydrogen-bond donors (Lipinski definition) is 2. The van der Waals surface area contributed by atoms with Crippen LogP contribution in [0.5, 0.6) is 0 Å². The second-order valence-corrected chi connectivity index (χ2v) is 6.73. The Bertz CT molecular complexity index is 369. The van der Waals surface area contributed by atoms with E-state index >= 15 is 0 Å². The second-order valence-electron chi connectivity index (χ2n) is 6.73. The Balaban J connectivity index is -0.000000511. The van der Waals surface area contributed by atoms with Crippen molar-refractivity contribution >= 4 is 25.2 Å². The number of ketones is 1. The summed E-state index contributed by atoms with van der Waals surface area (Å²) in [6.45, 7) is 12.9. The van der Waals surface area contributed by atoms with Gasteiger partial charge in [0.2, 0.25) is 5.91 Å². The monoisotopic (exact) mass is 379 g/mol. The highest BCUT2D eigenvalue weighted by molar-refractivity contribution is 7.59. The van der Waals surface area contributed by atoms with Crippen molar-refractivity contribution in [1.82, 2.24) is 15.5 Å². The summed E-state index contributed by atoms with van der Waals surface area (Å²) in [5.41, 5.74) is 0. The molecule has 2 N–H and O–H groups in total. The van der Waals surface area contributed by atoms with Crippen LogP contribution in [0.1, 0.15) is 69.6 Å². The lowest BCUT2D eigenvalue weighted by Gasteiger charge is -2.27. The van der Waals surface area contributed by atoms with Gasteiger partial charge in [-0.3, -0.25) is 9.59 Å². The van der Waals surface area contributed by atoms with Crippen molar-refractivity contribution < 1.29 is 12.4 Å². The van der Waals surface area contributed by atoms with Gasteiger partial charge in [-0.05, 0) is 65.2 Å². The summed E-state index contributed by atoms with van der Waals surface area (Å²) >= 11 is 0. The van der Waals surface area contributed by atoms with Gasteiger partial charge in [-0.2, -0.15) is 13.5 Å². The van der Waals surface area contributed by atoms with E-state index in [0.29, 0.717) is 0 Å². The number of Topliss-reactive ketones (excluding diaryl/α,β-unsaturated/α-hetero) is 1. The molecule has 0 unspecified atom stereocenters. The van der Waals surface area contributed by atoms with E-state index in [1.807, 2.05) is 27.7 Å². The molecule has 1 rings (SSSR count). The van der Waals surface area contributed by atoms with E-state index < -0.39 is 0 Å². The van der Waals surface area contributed by atoms with Gasteiger partial charge in [0.1, 0.15) is 0 Å². The summed E-state index contributed by atoms with van der Waals surface area (Å²) in [5, 5.41) is 5.94. The summed E-state index contributed by atoms with van der Waals surface area (Å²) in [6, 6.07) is -0.601. The van der Waals surface area contributed by atoms with Crippen LogP contribution in [-0.4, -0.2) is 55.4 Å². The fourth-order valence-electron chi connectivity index (χ4n) is 3.11. The summed E-state index contributed by atoms with van der Waals surface area (Å²) in [4.78, 5) is 26.5. The standard InChI is InChI=1S/C17H33N3O2.C2H6.H2S.2H2/c1-13(2)16(18-4)17(22)19-15(14(3)21)9-8-12-20-10-6-5-7-11-20;1-2;;;/h13,15-16,18H,5-12H2,1-4H3,(H,19,22);1-2H3;1H2;2*1H/t15-,16-;;;;/m0..../s1. The number of carbonyl (C=O) groups is 2. The van der Waals surface area contributed by atoms with E-state index in [0.717, 1.165) is 19.4 Å². The van der Waals surface area contributed by atoms with Crippen LogP contribution in [-0.2, 0) is 9.59 Å². The van der Waals surface area contributed by atoms with Gasteiger partial charge in [-0.1, -0.05) is 34.1 Å². The van der Waals surface area contributed by atoms with Gasteiger partial charge in [0.25, 0.3) is 0 Å². The van der Waals surface area contributed by atoms with Gasteiger partial charge in [0.15, 0.2) is 5.78 Å². The molecule has 1 fully saturated rings. The SMILES string of the molecule is CC.CN[C@H](C(=O)N[C@@H](CCCN1CCCCC1)C(C)=O)C(C)C.S.[HH].[HH]. The summed E-state index contributed by atoms with van der Waals surface area (Å²) in [5.74, 6) is 0.173. The number of piperidine rings is 1. The molecule has 6 heteroatoms. The zero-order valence-corrected chi connectivity index (χ0v) is 18.2. The molecular formula is C19H45N3O2S. The first-order valence-electron chi connectivity index (χ1n) is 9.66. The molecule has 0 radical (unpaired) electrons. The number of hydrogen-bond acceptors (Lipinski definition) is 4. The molecule has 0 aromatic carbocycles. The fourth-order valence-corrected chi connectivity index (χ4v) is 3.11. The van der Waals surface area contributed by atoms with Crippen LogP contribution in [0.3, 0.4) is 0 Å². The van der Waals surface area contributed by atoms with Crippen molar-refractivity contribution in [2.75, 3.05) is 26.7 Å². The van der Waals surface area contributed by atoms with Gasteiger partial charge in [0, 0.05) is 2.85 Å². The molecule has 2 atom stereocenters. The summed E-state index contributed by atoms with van der Waals surface area (Å²) in [7, 11) is 1.78. The number of likely N-dealkylation sites (tertiary alicyclic amines) is 1. The molecule has 25 heavy (non-hydrogen) atoms. The van der Waals surface area contributed by atoms with Crippen molar-refractivity contribution in [3.05, 3.63) is 0 Å². The molecule has 1 aliphatic rings.